The Kier molecular flexibility index (Phi) is 21.0. The third-order valence-electron chi connectivity index (χ3n) is 7.91. The molecule has 0 aliphatic carbocycles. The van der Waals surface area contributed by atoms with Crippen LogP contribution in [0.5, 0.6) is 11.8 Å². The fourth-order valence-electron chi connectivity index (χ4n) is 5.21. The lowest BCUT2D eigenvalue weighted by molar-refractivity contribution is -0.140. The van der Waals surface area contributed by atoms with Crippen LogP contribution in [0.25, 0.3) is 5.57 Å². The number of rotatable bonds is 19. The number of nitrogens with zero attached hydrogens (tertiary/aromatic N) is 4. The number of ketones is 1. The van der Waals surface area contributed by atoms with Gasteiger partial charge in [0.05, 0.1) is 32.1 Å². The van der Waals surface area contributed by atoms with Gasteiger partial charge in [0.1, 0.15) is 30.1 Å². The zero-order chi connectivity index (χ0) is 45.5. The van der Waals surface area contributed by atoms with Gasteiger partial charge >= 0.3 is 19.5 Å². The number of hydrogen-bond acceptors (Lipinski definition) is 16. The van der Waals surface area contributed by atoms with Gasteiger partial charge in [0.15, 0.2) is 5.01 Å². The van der Waals surface area contributed by atoms with Crippen molar-refractivity contribution in [2.45, 2.75) is 54.8 Å². The predicted octanol–water partition coefficient (Wildman–Crippen LogP) is 9.89. The van der Waals surface area contributed by atoms with Gasteiger partial charge in [-0.15, -0.1) is 22.7 Å². The number of benzene rings is 2. The Labute approximate surface area is 375 Å². The monoisotopic (exact) mass is 914 g/mol. The van der Waals surface area contributed by atoms with Crippen LogP contribution in [0.4, 0.5) is 0 Å². The molecular formula is C46H51N4O10PS2. The molecule has 17 heteroatoms. The molecule has 0 aliphatic heterocycles. The maximum absolute atomic E-state index is 12.3. The van der Waals surface area contributed by atoms with E-state index in [0.29, 0.717) is 58.6 Å². The molecule has 0 amide bonds. The van der Waals surface area contributed by atoms with Gasteiger partial charge in [-0.1, -0.05) is 72.8 Å². The van der Waals surface area contributed by atoms with Crippen molar-refractivity contribution in [3.63, 3.8) is 0 Å². The lowest BCUT2D eigenvalue weighted by Gasteiger charge is -2.15. The molecular weight excluding hydrogens is 864 g/mol. The third kappa shape index (κ3) is 17.4. The average Bonchev–Trinajstić information content (AvgIpc) is 3.93. The minimum atomic E-state index is -3.28. The number of aryl methyl sites for hydroxylation is 2. The zero-order valence-electron chi connectivity index (χ0n) is 36.1. The molecule has 4 heterocycles. The van der Waals surface area contributed by atoms with E-state index in [-0.39, 0.29) is 31.8 Å². The first kappa shape index (κ1) is 49.8. The highest BCUT2D eigenvalue weighted by Gasteiger charge is 2.28. The lowest BCUT2D eigenvalue weighted by atomic mass is 10.1. The van der Waals surface area contributed by atoms with Crippen LogP contribution in [0.1, 0.15) is 74.8 Å². The van der Waals surface area contributed by atoms with E-state index < -0.39 is 19.5 Å². The SMILES string of the molecule is CCOC(=O)/C=C(/c1cccc(OCc2ccccc2)n1)c1ncc(C)s1.CCOC(=O)CP(=O)(OCC)OCC.Cc1cnc(C(=O)c2cccc(OCc3ccccc3)n2)s1. The first-order valence-corrected chi connectivity index (χ1v) is 23.4. The van der Waals surface area contributed by atoms with Gasteiger partial charge in [0.25, 0.3) is 0 Å². The van der Waals surface area contributed by atoms with E-state index in [0.717, 1.165) is 20.9 Å². The van der Waals surface area contributed by atoms with Crippen molar-refractivity contribution in [3.8, 4) is 11.8 Å². The van der Waals surface area contributed by atoms with E-state index in [4.69, 9.17) is 23.3 Å². The molecule has 6 rings (SSSR count). The summed E-state index contributed by atoms with van der Waals surface area (Å²) in [6, 6.07) is 30.4. The fourth-order valence-corrected chi connectivity index (χ4v) is 8.17. The maximum Gasteiger partial charge on any atom is 0.341 e. The van der Waals surface area contributed by atoms with Crippen molar-refractivity contribution in [1.29, 1.82) is 0 Å². The second kappa shape index (κ2) is 26.5. The molecule has 0 atom stereocenters. The third-order valence-corrected chi connectivity index (χ3v) is 11.7. The molecule has 0 unspecified atom stereocenters. The first-order valence-electron chi connectivity index (χ1n) is 20.1. The van der Waals surface area contributed by atoms with Crippen LogP contribution in [-0.2, 0) is 45.9 Å². The predicted molar refractivity (Wildman–Crippen MR) is 243 cm³/mol. The number of aromatic nitrogens is 4. The van der Waals surface area contributed by atoms with Gasteiger partial charge in [-0.2, -0.15) is 0 Å². The van der Waals surface area contributed by atoms with E-state index in [2.05, 4.69) is 24.7 Å². The highest BCUT2D eigenvalue weighted by atomic mass is 32.1. The van der Waals surface area contributed by atoms with E-state index in [1.54, 1.807) is 64.4 Å². The van der Waals surface area contributed by atoms with Crippen LogP contribution in [0.2, 0.25) is 0 Å². The van der Waals surface area contributed by atoms with E-state index in [1.807, 2.05) is 86.6 Å². The largest absolute Gasteiger partial charge is 0.473 e. The lowest BCUT2D eigenvalue weighted by Crippen LogP contribution is -2.12. The summed E-state index contributed by atoms with van der Waals surface area (Å²) >= 11 is 2.86. The Bertz CT molecular complexity index is 2420. The minimum Gasteiger partial charge on any atom is -0.473 e. The molecule has 2 aromatic carbocycles. The molecule has 0 radical (unpaired) electrons. The number of carbonyl (C=O) groups excluding carboxylic acids is 3. The molecule has 0 aliphatic rings. The molecule has 4 aromatic heterocycles. The van der Waals surface area contributed by atoms with Gasteiger partial charge in [0.2, 0.25) is 17.5 Å². The molecule has 0 spiro atoms. The minimum absolute atomic E-state index is 0.178. The summed E-state index contributed by atoms with van der Waals surface area (Å²) in [5.41, 5.74) is 3.69. The van der Waals surface area contributed by atoms with Crippen LogP contribution in [-0.4, -0.2) is 70.2 Å². The van der Waals surface area contributed by atoms with Crippen molar-refractivity contribution in [2.24, 2.45) is 0 Å². The Morgan fingerprint density at radius 3 is 1.57 bits per heavy atom. The molecule has 0 bridgehead atoms. The Morgan fingerprint density at radius 2 is 1.10 bits per heavy atom. The number of esters is 2. The molecule has 63 heavy (non-hydrogen) atoms. The van der Waals surface area contributed by atoms with Gasteiger partial charge in [-0.3, -0.25) is 14.2 Å². The highest BCUT2D eigenvalue weighted by Crippen LogP contribution is 2.47. The quantitative estimate of drug-likeness (QED) is 0.0325. The van der Waals surface area contributed by atoms with Gasteiger partial charge in [-0.05, 0) is 64.8 Å². The summed E-state index contributed by atoms with van der Waals surface area (Å²) in [7, 11) is -3.28. The highest BCUT2D eigenvalue weighted by molar-refractivity contribution is 7.54. The van der Waals surface area contributed by atoms with Crippen molar-refractivity contribution in [2.75, 3.05) is 32.6 Å². The molecule has 0 fully saturated rings. The van der Waals surface area contributed by atoms with Crippen molar-refractivity contribution >= 4 is 53.6 Å². The summed E-state index contributed by atoms with van der Waals surface area (Å²) in [4.78, 5) is 54.8. The number of pyridine rings is 2. The van der Waals surface area contributed by atoms with Crippen molar-refractivity contribution in [1.82, 2.24) is 19.9 Å². The summed E-state index contributed by atoms with van der Waals surface area (Å²) in [5.74, 6) is -0.235. The van der Waals surface area contributed by atoms with Gasteiger partial charge in [0, 0.05) is 45.9 Å². The molecule has 0 N–H and O–H groups in total. The molecule has 14 nitrogen and oxygen atoms in total. The zero-order valence-corrected chi connectivity index (χ0v) is 38.6. The van der Waals surface area contributed by atoms with Crippen LogP contribution in [0.3, 0.4) is 0 Å². The van der Waals surface area contributed by atoms with Crippen LogP contribution < -0.4 is 9.47 Å². The normalized spacial score (nSPS) is 11.0. The maximum atomic E-state index is 12.3. The first-order chi connectivity index (χ1) is 30.4. The number of ether oxygens (including phenoxy) is 4. The fraction of sp³-hybridized carbons (Fsp3) is 0.283. The van der Waals surface area contributed by atoms with Crippen LogP contribution in [0.15, 0.2) is 116 Å². The van der Waals surface area contributed by atoms with Gasteiger partial charge < -0.3 is 28.0 Å². The number of thiazole rings is 2. The number of carbonyl (C=O) groups is 3. The Morgan fingerprint density at radius 1 is 0.603 bits per heavy atom. The van der Waals surface area contributed by atoms with E-state index >= 15 is 0 Å². The summed E-state index contributed by atoms with van der Waals surface area (Å²) in [6.45, 7) is 12.6. The van der Waals surface area contributed by atoms with E-state index in [9.17, 15) is 18.9 Å². The Hall–Kier alpha value is -5.90. The second-order valence-corrected chi connectivity index (χ2v) is 17.4. The molecule has 6 aromatic rings. The van der Waals surface area contributed by atoms with Crippen LogP contribution >= 0.6 is 30.3 Å². The van der Waals surface area contributed by atoms with Crippen molar-refractivity contribution in [3.05, 3.63) is 158 Å². The second-order valence-electron chi connectivity index (χ2n) is 12.9. The molecule has 332 valence electrons. The van der Waals surface area contributed by atoms with Gasteiger partial charge in [-0.25, -0.2) is 24.7 Å². The standard InChI is InChI=1S/C21H20N2O3S.C17H14N2O2S.C8H17O5P/c1-3-25-20(24)12-17(21-22-13-15(2)27-21)18-10-7-11-19(23-18)26-14-16-8-5-4-6-9-16;1-12-10-18-17(22-12)16(20)14-8-5-9-15(19-14)21-11-13-6-3-2-4-7-13;1-4-11-8(9)7-14(10,12-5-2)13-6-3/h4-13H,3,14H2,1-2H3;2-10H,11H2,1H3;4-7H2,1-3H3/b17-12-;;. The van der Waals surface area contributed by atoms with Crippen LogP contribution in [0, 0.1) is 13.8 Å². The molecule has 0 saturated heterocycles. The number of hydrogen-bond donors (Lipinski definition) is 0. The van der Waals surface area contributed by atoms with Crippen molar-refractivity contribution < 1.29 is 46.9 Å². The molecule has 0 saturated carbocycles. The topological polar surface area (TPSA) is 175 Å². The smallest absolute Gasteiger partial charge is 0.341 e. The summed E-state index contributed by atoms with van der Waals surface area (Å²) in [5, 5.41) is 1.17. The summed E-state index contributed by atoms with van der Waals surface area (Å²) in [6.07, 6.45) is 4.58. The summed E-state index contributed by atoms with van der Waals surface area (Å²) < 4.78 is 42.8. The Balaban J connectivity index is 0.000000219. The average molecular weight is 915 g/mol. The van der Waals surface area contributed by atoms with E-state index in [1.165, 1.54) is 28.7 Å².